The number of fused-ring (bicyclic) bond motifs is 1. The molecule has 0 unspecified atom stereocenters. The van der Waals surface area contributed by atoms with Crippen LogP contribution in [0.4, 0.5) is 4.39 Å². The Hall–Kier alpha value is -4.81. The lowest BCUT2D eigenvalue weighted by atomic mass is 10.1. The van der Waals surface area contributed by atoms with Gasteiger partial charge in [0.15, 0.2) is 0 Å². The van der Waals surface area contributed by atoms with Crippen LogP contribution < -0.4 is 10.3 Å². The molecule has 1 saturated heterocycles. The van der Waals surface area contributed by atoms with E-state index in [4.69, 9.17) is 19.7 Å². The van der Waals surface area contributed by atoms with Crippen LogP contribution in [0, 0.1) is 17.1 Å². The fraction of sp³-hybridized carbons (Fsp3) is 0.226. The van der Waals surface area contributed by atoms with Crippen molar-refractivity contribution in [2.45, 2.75) is 38.6 Å². The molecule has 8 nitrogen and oxygen atoms in total. The number of pyridine rings is 2. The van der Waals surface area contributed by atoms with E-state index in [0.29, 0.717) is 35.8 Å². The molecule has 0 spiro atoms. The predicted octanol–water partition coefficient (Wildman–Crippen LogP) is 5.08. The van der Waals surface area contributed by atoms with E-state index < -0.39 is 5.82 Å². The Morgan fingerprint density at radius 3 is 2.77 bits per heavy atom. The second kappa shape index (κ2) is 11.1. The fourth-order valence-electron chi connectivity index (χ4n) is 4.93. The molecule has 1 fully saturated rings. The zero-order valence-electron chi connectivity index (χ0n) is 21.7. The maximum absolute atomic E-state index is 14.2. The van der Waals surface area contributed by atoms with Gasteiger partial charge in [-0.25, -0.2) is 14.4 Å². The van der Waals surface area contributed by atoms with Crippen LogP contribution >= 0.6 is 0 Å². The van der Waals surface area contributed by atoms with Crippen molar-refractivity contribution in [3.8, 4) is 23.2 Å². The average Bonchev–Trinajstić information content (AvgIpc) is 3.62. The minimum absolute atomic E-state index is 0.0392. The van der Waals surface area contributed by atoms with E-state index in [1.807, 2.05) is 36.4 Å². The normalized spacial score (nSPS) is 14.8. The zero-order chi connectivity index (χ0) is 27.5. The number of rotatable bonds is 8. The molecule has 1 aliphatic heterocycles. The first-order valence-corrected chi connectivity index (χ1v) is 13.1. The van der Waals surface area contributed by atoms with Crippen LogP contribution in [0.3, 0.4) is 0 Å². The highest BCUT2D eigenvalue weighted by Crippen LogP contribution is 2.23. The van der Waals surface area contributed by atoms with Crippen LogP contribution in [-0.4, -0.2) is 31.8 Å². The Labute approximate surface area is 229 Å². The first-order chi connectivity index (χ1) is 19.6. The topological polar surface area (TPSA) is 95.0 Å². The summed E-state index contributed by atoms with van der Waals surface area (Å²) in [4.78, 5) is 22.5. The molecule has 1 aliphatic rings. The number of aromatic nitrogens is 4. The molecule has 0 radical (unpaired) electrons. The molecule has 6 rings (SSSR count). The van der Waals surface area contributed by atoms with E-state index in [2.05, 4.69) is 9.55 Å². The summed E-state index contributed by atoms with van der Waals surface area (Å²) < 4.78 is 29.6. The summed E-state index contributed by atoms with van der Waals surface area (Å²) in [6.07, 6.45) is 3.96. The van der Waals surface area contributed by atoms with Gasteiger partial charge in [0.25, 0.3) is 5.56 Å². The number of para-hydroxylation sites is 2. The van der Waals surface area contributed by atoms with Gasteiger partial charge >= 0.3 is 0 Å². The third-order valence-electron chi connectivity index (χ3n) is 7.03. The smallest absolute Gasteiger partial charge is 0.251 e. The molecular weight excluding hydrogens is 509 g/mol. The average molecular weight is 536 g/mol. The van der Waals surface area contributed by atoms with Crippen molar-refractivity contribution in [2.75, 3.05) is 6.61 Å². The van der Waals surface area contributed by atoms with Crippen molar-refractivity contribution < 1.29 is 13.9 Å². The summed E-state index contributed by atoms with van der Waals surface area (Å²) in [5, 5.41) is 8.91. The molecule has 0 amide bonds. The largest absolute Gasteiger partial charge is 0.473 e. The molecule has 40 heavy (non-hydrogen) atoms. The first kappa shape index (κ1) is 25.5. The van der Waals surface area contributed by atoms with Gasteiger partial charge in [-0.1, -0.05) is 24.3 Å². The van der Waals surface area contributed by atoms with Crippen LogP contribution in [0.25, 0.3) is 22.3 Å². The summed E-state index contributed by atoms with van der Waals surface area (Å²) in [6, 6.07) is 22.7. The highest BCUT2D eigenvalue weighted by Gasteiger charge is 2.20. The van der Waals surface area contributed by atoms with E-state index in [1.165, 1.54) is 18.2 Å². The molecule has 2 aromatic carbocycles. The van der Waals surface area contributed by atoms with E-state index in [9.17, 15) is 9.18 Å². The van der Waals surface area contributed by atoms with Crippen molar-refractivity contribution >= 4 is 11.0 Å². The third kappa shape index (κ3) is 5.35. The summed E-state index contributed by atoms with van der Waals surface area (Å²) in [7, 11) is 0. The molecule has 4 heterocycles. The molecule has 0 saturated carbocycles. The van der Waals surface area contributed by atoms with Gasteiger partial charge in [0.1, 0.15) is 18.2 Å². The van der Waals surface area contributed by atoms with E-state index in [1.54, 1.807) is 35.0 Å². The quantitative estimate of drug-likeness (QED) is 0.275. The molecule has 0 aliphatic carbocycles. The number of nitriles is 1. The monoisotopic (exact) mass is 535 g/mol. The van der Waals surface area contributed by atoms with Gasteiger partial charge in [0.05, 0.1) is 47.6 Å². The number of ether oxygens (including phenoxy) is 2. The third-order valence-corrected chi connectivity index (χ3v) is 7.03. The standard InChI is InChI=1S/C31H26FN5O3/c32-25-15-21(17-33)10-11-23(25)20-40-30-9-3-7-26(35-30)22-12-13-36(31(38)16-22)19-29-34-27-6-1-2-8-28(27)37(29)18-24-5-4-14-39-24/h1-3,6-13,15-16,24H,4-5,14,18-20H2/t24-/m0/s1. The summed E-state index contributed by atoms with van der Waals surface area (Å²) in [5.41, 5.74) is 3.51. The molecular formula is C31H26FN5O3. The van der Waals surface area contributed by atoms with E-state index >= 15 is 0 Å². The minimum Gasteiger partial charge on any atom is -0.473 e. The minimum atomic E-state index is -0.511. The Morgan fingerprint density at radius 2 is 1.98 bits per heavy atom. The summed E-state index contributed by atoms with van der Waals surface area (Å²) in [6.45, 7) is 1.77. The maximum atomic E-state index is 14.2. The molecule has 200 valence electrons. The molecule has 3 aromatic heterocycles. The molecule has 0 N–H and O–H groups in total. The van der Waals surface area contributed by atoms with Gasteiger partial charge < -0.3 is 18.6 Å². The Kier molecular flexibility index (Phi) is 7.08. The van der Waals surface area contributed by atoms with Crippen LogP contribution in [-0.2, 0) is 24.4 Å². The maximum Gasteiger partial charge on any atom is 0.251 e. The van der Waals surface area contributed by atoms with Crippen LogP contribution in [0.2, 0.25) is 0 Å². The number of nitrogens with zero attached hydrogens (tertiary/aromatic N) is 5. The number of halogens is 1. The van der Waals surface area contributed by atoms with E-state index in [0.717, 1.165) is 36.3 Å². The van der Waals surface area contributed by atoms with Crippen molar-refractivity contribution in [3.63, 3.8) is 0 Å². The lowest BCUT2D eigenvalue weighted by molar-refractivity contribution is 0.0971. The molecule has 1 atom stereocenters. The van der Waals surface area contributed by atoms with Gasteiger partial charge in [-0.05, 0) is 49.2 Å². The van der Waals surface area contributed by atoms with E-state index in [-0.39, 0.29) is 23.8 Å². The highest BCUT2D eigenvalue weighted by atomic mass is 19.1. The van der Waals surface area contributed by atoms with Crippen molar-refractivity contribution in [2.24, 2.45) is 0 Å². The Bertz CT molecular complexity index is 1780. The van der Waals surface area contributed by atoms with Gasteiger partial charge in [0.2, 0.25) is 5.88 Å². The summed E-state index contributed by atoms with van der Waals surface area (Å²) in [5.74, 6) is 0.589. The lowest BCUT2D eigenvalue weighted by Gasteiger charge is -2.15. The molecule has 9 heteroatoms. The molecule has 0 bridgehead atoms. The first-order valence-electron chi connectivity index (χ1n) is 13.1. The summed E-state index contributed by atoms with van der Waals surface area (Å²) >= 11 is 0. The predicted molar refractivity (Wildman–Crippen MR) is 147 cm³/mol. The number of hydrogen-bond donors (Lipinski definition) is 0. The fourth-order valence-corrected chi connectivity index (χ4v) is 4.93. The van der Waals surface area contributed by atoms with Gasteiger partial charge in [-0.2, -0.15) is 5.26 Å². The lowest BCUT2D eigenvalue weighted by Crippen LogP contribution is -2.23. The van der Waals surface area contributed by atoms with Crippen LogP contribution in [0.5, 0.6) is 5.88 Å². The highest BCUT2D eigenvalue weighted by molar-refractivity contribution is 5.76. The second-order valence-electron chi connectivity index (χ2n) is 9.71. The SMILES string of the molecule is N#Cc1ccc(COc2cccc(-c3ccn(Cc4nc5ccccc5n4C[C@@H]4CCCO4)c(=O)c3)n2)c(F)c1. The van der Waals surface area contributed by atoms with Gasteiger partial charge in [0, 0.05) is 36.1 Å². The van der Waals surface area contributed by atoms with Crippen LogP contribution in [0.15, 0.2) is 83.8 Å². The Balaban J connectivity index is 1.21. The molecule has 5 aromatic rings. The second-order valence-corrected chi connectivity index (χ2v) is 9.71. The Morgan fingerprint density at radius 1 is 1.07 bits per heavy atom. The van der Waals surface area contributed by atoms with Gasteiger partial charge in [-0.3, -0.25) is 4.79 Å². The van der Waals surface area contributed by atoms with Crippen molar-refractivity contribution in [1.82, 2.24) is 19.1 Å². The number of imidazole rings is 1. The number of hydrogen-bond acceptors (Lipinski definition) is 6. The number of benzene rings is 2. The zero-order valence-corrected chi connectivity index (χ0v) is 21.7. The van der Waals surface area contributed by atoms with Gasteiger partial charge in [-0.15, -0.1) is 0 Å². The van der Waals surface area contributed by atoms with Crippen molar-refractivity contribution in [3.05, 3.63) is 112 Å². The van der Waals surface area contributed by atoms with Crippen molar-refractivity contribution in [1.29, 1.82) is 5.26 Å². The van der Waals surface area contributed by atoms with Crippen LogP contribution in [0.1, 0.15) is 29.8 Å².